The number of methoxy groups -OCH3 is 1. The molecule has 0 unspecified atom stereocenters. The summed E-state index contributed by atoms with van der Waals surface area (Å²) in [6.07, 6.45) is 1.65. The van der Waals surface area contributed by atoms with Gasteiger partial charge in [-0.05, 0) is 23.3 Å². The quantitative estimate of drug-likeness (QED) is 0.354. The molecule has 0 atom stereocenters. The van der Waals surface area contributed by atoms with E-state index >= 15 is 0 Å². The van der Waals surface area contributed by atoms with Crippen molar-refractivity contribution in [3.05, 3.63) is 100 Å². The topological polar surface area (TPSA) is 103 Å². The minimum Gasteiger partial charge on any atom is -0.497 e. The third-order valence-corrected chi connectivity index (χ3v) is 4.79. The number of aromatic amines is 1. The molecule has 156 valence electrons. The van der Waals surface area contributed by atoms with Crippen LogP contribution in [0.15, 0.2) is 88.8 Å². The standard InChI is InChI=1S/C25H19N5O2/c1-32-20-12-7-11-18(14-20)21-13-6-5-10-19(21)16-27-30-25-28-23(17-8-3-2-4-9-17)22(15-26)24(31)29-25/h2-14,16H,1H3,(H2,28,29,30,31). The second kappa shape index (κ2) is 9.41. The molecule has 0 amide bonds. The first-order valence-corrected chi connectivity index (χ1v) is 9.82. The molecule has 3 aromatic carbocycles. The third-order valence-electron chi connectivity index (χ3n) is 4.79. The minimum atomic E-state index is -0.532. The molecule has 0 aliphatic carbocycles. The van der Waals surface area contributed by atoms with Gasteiger partial charge < -0.3 is 4.74 Å². The number of ether oxygens (including phenoxy) is 1. The van der Waals surface area contributed by atoms with E-state index in [0.29, 0.717) is 11.3 Å². The maximum Gasteiger partial charge on any atom is 0.270 e. The number of nitriles is 1. The van der Waals surface area contributed by atoms with Crippen LogP contribution >= 0.6 is 0 Å². The number of nitrogens with one attached hydrogen (secondary N) is 2. The monoisotopic (exact) mass is 421 g/mol. The lowest BCUT2D eigenvalue weighted by Gasteiger charge is -2.08. The second-order valence-electron chi connectivity index (χ2n) is 6.81. The molecule has 0 aliphatic rings. The van der Waals surface area contributed by atoms with E-state index in [1.54, 1.807) is 25.5 Å². The number of rotatable bonds is 6. The van der Waals surface area contributed by atoms with Crippen molar-refractivity contribution >= 4 is 12.2 Å². The summed E-state index contributed by atoms with van der Waals surface area (Å²) in [5.74, 6) is 0.906. The Kier molecular flexibility index (Phi) is 6.05. The van der Waals surface area contributed by atoms with Gasteiger partial charge in [-0.3, -0.25) is 9.78 Å². The highest BCUT2D eigenvalue weighted by Gasteiger charge is 2.13. The number of hydrogen-bond donors (Lipinski definition) is 2. The molecule has 1 aromatic heterocycles. The van der Waals surface area contributed by atoms with E-state index in [0.717, 1.165) is 22.4 Å². The molecule has 0 saturated carbocycles. The van der Waals surface area contributed by atoms with Gasteiger partial charge in [-0.25, -0.2) is 10.4 Å². The third kappa shape index (κ3) is 4.40. The van der Waals surface area contributed by atoms with Gasteiger partial charge in [0.15, 0.2) is 0 Å². The molecule has 4 rings (SSSR count). The molecule has 0 radical (unpaired) electrons. The van der Waals surface area contributed by atoms with Crippen molar-refractivity contribution in [1.82, 2.24) is 9.97 Å². The molecule has 32 heavy (non-hydrogen) atoms. The van der Waals surface area contributed by atoms with Gasteiger partial charge in [0.2, 0.25) is 5.95 Å². The lowest BCUT2D eigenvalue weighted by Crippen LogP contribution is -2.16. The number of aromatic nitrogens is 2. The fraction of sp³-hybridized carbons (Fsp3) is 0.0400. The Hall–Kier alpha value is -4.70. The molecule has 0 saturated heterocycles. The van der Waals surface area contributed by atoms with Crippen LogP contribution in [-0.2, 0) is 0 Å². The first-order chi connectivity index (χ1) is 15.7. The van der Waals surface area contributed by atoms with E-state index in [9.17, 15) is 10.1 Å². The fourth-order valence-corrected chi connectivity index (χ4v) is 3.26. The van der Waals surface area contributed by atoms with Crippen LogP contribution in [0.4, 0.5) is 5.95 Å². The summed E-state index contributed by atoms with van der Waals surface area (Å²) in [5.41, 5.74) is 5.99. The van der Waals surface area contributed by atoms with Crippen molar-refractivity contribution in [2.75, 3.05) is 12.5 Å². The zero-order valence-corrected chi connectivity index (χ0v) is 17.2. The van der Waals surface area contributed by atoms with E-state index in [2.05, 4.69) is 20.5 Å². The van der Waals surface area contributed by atoms with Gasteiger partial charge in [0.25, 0.3) is 5.56 Å². The first kappa shape index (κ1) is 20.6. The van der Waals surface area contributed by atoms with E-state index in [1.807, 2.05) is 72.8 Å². The van der Waals surface area contributed by atoms with Crippen molar-refractivity contribution in [2.45, 2.75) is 0 Å². The van der Waals surface area contributed by atoms with Gasteiger partial charge in [0.05, 0.1) is 19.0 Å². The van der Waals surface area contributed by atoms with E-state index < -0.39 is 5.56 Å². The van der Waals surface area contributed by atoms with Crippen molar-refractivity contribution in [3.8, 4) is 34.2 Å². The van der Waals surface area contributed by atoms with Crippen LogP contribution < -0.4 is 15.7 Å². The number of nitrogens with zero attached hydrogens (tertiary/aromatic N) is 3. The Balaban J connectivity index is 1.64. The molecule has 0 bridgehead atoms. The maximum absolute atomic E-state index is 12.4. The Morgan fingerprint density at radius 2 is 1.78 bits per heavy atom. The van der Waals surface area contributed by atoms with Crippen LogP contribution in [0, 0.1) is 11.3 Å². The Morgan fingerprint density at radius 3 is 2.56 bits per heavy atom. The highest BCUT2D eigenvalue weighted by atomic mass is 16.5. The summed E-state index contributed by atoms with van der Waals surface area (Å²) < 4.78 is 5.32. The Labute approximate surface area is 184 Å². The van der Waals surface area contributed by atoms with Crippen molar-refractivity contribution < 1.29 is 4.74 Å². The van der Waals surface area contributed by atoms with Gasteiger partial charge in [-0.1, -0.05) is 66.7 Å². The minimum absolute atomic E-state index is 0.0471. The highest BCUT2D eigenvalue weighted by molar-refractivity contribution is 5.90. The molecule has 2 N–H and O–H groups in total. The van der Waals surface area contributed by atoms with Gasteiger partial charge in [-0.15, -0.1) is 0 Å². The summed E-state index contributed by atoms with van der Waals surface area (Å²) in [6.45, 7) is 0. The summed E-state index contributed by atoms with van der Waals surface area (Å²) >= 11 is 0. The number of benzene rings is 3. The van der Waals surface area contributed by atoms with Crippen LogP contribution in [0.1, 0.15) is 11.1 Å². The van der Waals surface area contributed by atoms with Crippen LogP contribution in [0.3, 0.4) is 0 Å². The molecule has 4 aromatic rings. The van der Waals surface area contributed by atoms with Crippen LogP contribution in [0.2, 0.25) is 0 Å². The number of hydrazone groups is 1. The summed E-state index contributed by atoms with van der Waals surface area (Å²) in [4.78, 5) is 19.3. The summed E-state index contributed by atoms with van der Waals surface area (Å²) in [6, 6.07) is 26.6. The van der Waals surface area contributed by atoms with Crippen molar-refractivity contribution in [2.24, 2.45) is 5.10 Å². The molecule has 0 aliphatic heterocycles. The fourth-order valence-electron chi connectivity index (χ4n) is 3.26. The first-order valence-electron chi connectivity index (χ1n) is 9.82. The lowest BCUT2D eigenvalue weighted by molar-refractivity contribution is 0.415. The average Bonchev–Trinajstić information content (AvgIpc) is 2.84. The largest absolute Gasteiger partial charge is 0.497 e. The zero-order valence-electron chi connectivity index (χ0n) is 17.2. The smallest absolute Gasteiger partial charge is 0.270 e. The summed E-state index contributed by atoms with van der Waals surface area (Å²) in [7, 11) is 1.63. The Bertz CT molecular complexity index is 1370. The van der Waals surface area contributed by atoms with Gasteiger partial charge >= 0.3 is 0 Å². The predicted octanol–water partition coefficient (Wildman–Crippen LogP) is 4.43. The average molecular weight is 421 g/mol. The Morgan fingerprint density at radius 1 is 1.03 bits per heavy atom. The van der Waals surface area contributed by atoms with Crippen LogP contribution in [-0.4, -0.2) is 23.3 Å². The van der Waals surface area contributed by atoms with Gasteiger partial charge in [0.1, 0.15) is 17.4 Å². The van der Waals surface area contributed by atoms with Gasteiger partial charge in [-0.2, -0.15) is 10.4 Å². The van der Waals surface area contributed by atoms with Crippen LogP contribution in [0.5, 0.6) is 5.75 Å². The normalized spacial score (nSPS) is 10.6. The second-order valence-corrected chi connectivity index (χ2v) is 6.81. The van der Waals surface area contributed by atoms with Gasteiger partial charge in [0, 0.05) is 11.1 Å². The molecule has 0 fully saturated rings. The molecule has 7 nitrogen and oxygen atoms in total. The van der Waals surface area contributed by atoms with E-state index in [4.69, 9.17) is 4.74 Å². The molecule has 7 heteroatoms. The number of H-pyrrole nitrogens is 1. The van der Waals surface area contributed by atoms with E-state index in [-0.39, 0.29) is 11.5 Å². The maximum atomic E-state index is 12.4. The molecular weight excluding hydrogens is 402 g/mol. The number of anilines is 1. The highest BCUT2D eigenvalue weighted by Crippen LogP contribution is 2.26. The van der Waals surface area contributed by atoms with Crippen molar-refractivity contribution in [1.29, 1.82) is 5.26 Å². The zero-order chi connectivity index (χ0) is 22.3. The van der Waals surface area contributed by atoms with Crippen LogP contribution in [0.25, 0.3) is 22.4 Å². The van der Waals surface area contributed by atoms with Crippen molar-refractivity contribution in [3.63, 3.8) is 0 Å². The molecule has 1 heterocycles. The molecular formula is C25H19N5O2. The lowest BCUT2D eigenvalue weighted by atomic mass is 10.0. The summed E-state index contributed by atoms with van der Waals surface area (Å²) in [5, 5.41) is 13.6. The molecule has 0 spiro atoms. The predicted molar refractivity (Wildman–Crippen MR) is 125 cm³/mol. The van der Waals surface area contributed by atoms with E-state index in [1.165, 1.54) is 0 Å². The number of hydrogen-bond acceptors (Lipinski definition) is 6. The SMILES string of the molecule is COc1cccc(-c2ccccc2C=NNc2nc(-c3ccccc3)c(C#N)c(=O)[nH]2)c1.